The molecule has 0 bridgehead atoms. The fourth-order valence-electron chi connectivity index (χ4n) is 2.17. The first-order chi connectivity index (χ1) is 9.22. The van der Waals surface area contributed by atoms with Crippen LogP contribution in [0.1, 0.15) is 13.3 Å². The third kappa shape index (κ3) is 3.96. The van der Waals surface area contributed by atoms with Gasteiger partial charge in [-0.15, -0.1) is 0 Å². The molecule has 1 atom stereocenters. The van der Waals surface area contributed by atoms with E-state index in [4.69, 9.17) is 27.9 Å². The van der Waals surface area contributed by atoms with Gasteiger partial charge in [0.15, 0.2) is 0 Å². The van der Waals surface area contributed by atoms with Crippen LogP contribution in [0.2, 0.25) is 10.0 Å². The average Bonchev–Trinajstić information content (AvgIpc) is 2.40. The number of aromatic nitrogens is 1. The van der Waals surface area contributed by atoms with Crippen molar-refractivity contribution in [2.45, 2.75) is 19.4 Å². The minimum absolute atomic E-state index is 0.256. The molecule has 0 radical (unpaired) electrons. The minimum Gasteiger partial charge on any atom is -0.377 e. The summed E-state index contributed by atoms with van der Waals surface area (Å²) in [6.45, 7) is 6.22. The van der Waals surface area contributed by atoms with E-state index in [-0.39, 0.29) is 6.04 Å². The summed E-state index contributed by atoms with van der Waals surface area (Å²) in [6, 6.07) is 1.99. The van der Waals surface area contributed by atoms with Gasteiger partial charge in [0.05, 0.1) is 29.3 Å². The second-order valence-corrected chi connectivity index (χ2v) is 5.43. The number of rotatable bonds is 5. The Morgan fingerprint density at radius 2 is 2.37 bits per heavy atom. The van der Waals surface area contributed by atoms with Crippen molar-refractivity contribution in [3.8, 4) is 0 Å². The van der Waals surface area contributed by atoms with Crippen LogP contribution in [-0.4, -0.2) is 43.9 Å². The van der Waals surface area contributed by atoms with E-state index in [0.29, 0.717) is 23.3 Å². The number of hydrogen-bond donors (Lipinski definition) is 1. The first kappa shape index (κ1) is 14.9. The second-order valence-electron chi connectivity index (χ2n) is 4.59. The van der Waals surface area contributed by atoms with E-state index in [2.05, 4.69) is 22.1 Å². The molecular formula is C13H19Cl2N3O. The lowest BCUT2D eigenvalue weighted by molar-refractivity contribution is 0.0934. The summed E-state index contributed by atoms with van der Waals surface area (Å²) in [7, 11) is 0. The Labute approximate surface area is 124 Å². The molecule has 1 fully saturated rings. The van der Waals surface area contributed by atoms with Crippen molar-refractivity contribution in [1.29, 1.82) is 0 Å². The highest BCUT2D eigenvalue weighted by atomic mass is 35.5. The molecule has 0 aromatic carbocycles. The van der Waals surface area contributed by atoms with Gasteiger partial charge >= 0.3 is 0 Å². The Kier molecular flexibility index (Phi) is 5.70. The highest BCUT2D eigenvalue weighted by Crippen LogP contribution is 2.28. The van der Waals surface area contributed by atoms with Crippen molar-refractivity contribution in [2.75, 3.05) is 37.7 Å². The molecule has 0 aliphatic carbocycles. The summed E-state index contributed by atoms with van der Waals surface area (Å²) in [4.78, 5) is 6.56. The third-order valence-corrected chi connectivity index (χ3v) is 3.58. The number of nitrogens with one attached hydrogen (secondary N) is 1. The number of hydrogen-bond acceptors (Lipinski definition) is 4. The maximum absolute atomic E-state index is 6.24. The molecule has 4 nitrogen and oxygen atoms in total. The van der Waals surface area contributed by atoms with Crippen LogP contribution in [0.4, 0.5) is 5.82 Å². The standard InChI is InChI=1S/C13H19Cl2N3O/c1-2-3-16-8-11-9-19-5-4-18(11)13-12(15)6-10(14)7-17-13/h6-7,11,16H,2-5,8-9H2,1H3. The number of halogens is 2. The second kappa shape index (κ2) is 7.29. The number of pyridine rings is 1. The molecule has 0 spiro atoms. The van der Waals surface area contributed by atoms with Crippen LogP contribution in [0.5, 0.6) is 0 Å². The van der Waals surface area contributed by atoms with E-state index in [1.54, 1.807) is 12.3 Å². The maximum Gasteiger partial charge on any atom is 0.147 e. The van der Waals surface area contributed by atoms with E-state index >= 15 is 0 Å². The van der Waals surface area contributed by atoms with E-state index in [1.807, 2.05) is 0 Å². The molecule has 1 unspecified atom stereocenters. The molecule has 6 heteroatoms. The molecule has 1 aliphatic rings. The van der Waals surface area contributed by atoms with Crippen LogP contribution in [0.15, 0.2) is 12.3 Å². The first-order valence-electron chi connectivity index (χ1n) is 6.58. The molecular weight excluding hydrogens is 285 g/mol. The van der Waals surface area contributed by atoms with Gasteiger partial charge < -0.3 is 15.0 Å². The molecule has 1 aromatic rings. The topological polar surface area (TPSA) is 37.4 Å². The number of morpholine rings is 1. The largest absolute Gasteiger partial charge is 0.377 e. The molecule has 2 heterocycles. The van der Waals surface area contributed by atoms with Gasteiger partial charge in [-0.3, -0.25) is 0 Å². The molecule has 1 N–H and O–H groups in total. The Morgan fingerprint density at radius 1 is 1.53 bits per heavy atom. The fraction of sp³-hybridized carbons (Fsp3) is 0.615. The summed E-state index contributed by atoms with van der Waals surface area (Å²) in [5.41, 5.74) is 0. The molecule has 2 rings (SSSR count). The van der Waals surface area contributed by atoms with Crippen molar-refractivity contribution in [1.82, 2.24) is 10.3 Å². The lowest BCUT2D eigenvalue weighted by Gasteiger charge is -2.37. The van der Waals surface area contributed by atoms with Crippen LogP contribution in [0.25, 0.3) is 0 Å². The summed E-state index contributed by atoms with van der Waals surface area (Å²) in [6.07, 6.45) is 2.75. The zero-order chi connectivity index (χ0) is 13.7. The number of nitrogens with zero attached hydrogens (tertiary/aromatic N) is 2. The van der Waals surface area contributed by atoms with Gasteiger partial charge in [-0.2, -0.15) is 0 Å². The van der Waals surface area contributed by atoms with Crippen molar-refractivity contribution in [3.63, 3.8) is 0 Å². The van der Waals surface area contributed by atoms with E-state index in [0.717, 1.165) is 31.9 Å². The Bertz CT molecular complexity index is 417. The van der Waals surface area contributed by atoms with E-state index < -0.39 is 0 Å². The van der Waals surface area contributed by atoms with Crippen molar-refractivity contribution in [3.05, 3.63) is 22.3 Å². The zero-order valence-corrected chi connectivity index (χ0v) is 12.5. The van der Waals surface area contributed by atoms with Gasteiger partial charge in [0.25, 0.3) is 0 Å². The van der Waals surface area contributed by atoms with Crippen molar-refractivity contribution in [2.24, 2.45) is 0 Å². The number of anilines is 1. The lowest BCUT2D eigenvalue weighted by atomic mass is 10.2. The van der Waals surface area contributed by atoms with Gasteiger partial charge in [-0.25, -0.2) is 4.98 Å². The quantitative estimate of drug-likeness (QED) is 0.849. The fourth-order valence-corrected chi connectivity index (χ4v) is 2.66. The van der Waals surface area contributed by atoms with Crippen molar-refractivity contribution >= 4 is 29.0 Å². The Hall–Kier alpha value is -0.550. The molecule has 1 aromatic heterocycles. The summed E-state index contributed by atoms with van der Waals surface area (Å²) in [5, 5.41) is 4.57. The van der Waals surface area contributed by atoms with Crippen LogP contribution in [0.3, 0.4) is 0 Å². The average molecular weight is 304 g/mol. The van der Waals surface area contributed by atoms with Crippen LogP contribution >= 0.6 is 23.2 Å². The zero-order valence-electron chi connectivity index (χ0n) is 11.0. The van der Waals surface area contributed by atoms with Crippen LogP contribution < -0.4 is 10.2 Å². The van der Waals surface area contributed by atoms with Gasteiger partial charge in [0, 0.05) is 19.3 Å². The molecule has 0 amide bonds. The predicted octanol–water partition coefficient (Wildman–Crippen LogP) is 2.59. The molecule has 1 aliphatic heterocycles. The maximum atomic E-state index is 6.24. The van der Waals surface area contributed by atoms with Gasteiger partial charge in [0.2, 0.25) is 0 Å². The SMILES string of the molecule is CCCNCC1COCCN1c1ncc(Cl)cc1Cl. The first-order valence-corrected chi connectivity index (χ1v) is 7.34. The molecule has 0 saturated carbocycles. The number of ether oxygens (including phenoxy) is 1. The summed E-state index contributed by atoms with van der Waals surface area (Å²) >= 11 is 12.1. The third-order valence-electron chi connectivity index (χ3n) is 3.09. The highest BCUT2D eigenvalue weighted by Gasteiger charge is 2.25. The minimum atomic E-state index is 0.256. The monoisotopic (exact) mass is 303 g/mol. The van der Waals surface area contributed by atoms with E-state index in [1.165, 1.54) is 0 Å². The Morgan fingerprint density at radius 3 is 3.11 bits per heavy atom. The molecule has 106 valence electrons. The van der Waals surface area contributed by atoms with Crippen LogP contribution in [0, 0.1) is 0 Å². The normalized spacial score (nSPS) is 19.7. The Balaban J connectivity index is 2.09. The van der Waals surface area contributed by atoms with Gasteiger partial charge in [-0.1, -0.05) is 30.1 Å². The smallest absolute Gasteiger partial charge is 0.147 e. The summed E-state index contributed by atoms with van der Waals surface area (Å²) < 4.78 is 5.55. The van der Waals surface area contributed by atoms with E-state index in [9.17, 15) is 0 Å². The van der Waals surface area contributed by atoms with Crippen molar-refractivity contribution < 1.29 is 4.74 Å². The molecule has 1 saturated heterocycles. The van der Waals surface area contributed by atoms with Gasteiger partial charge in [-0.05, 0) is 19.0 Å². The highest BCUT2D eigenvalue weighted by molar-refractivity contribution is 6.36. The lowest BCUT2D eigenvalue weighted by Crippen LogP contribution is -2.51. The summed E-state index contributed by atoms with van der Waals surface area (Å²) in [5.74, 6) is 0.790. The van der Waals surface area contributed by atoms with Crippen LogP contribution in [-0.2, 0) is 4.74 Å². The van der Waals surface area contributed by atoms with Gasteiger partial charge in [0.1, 0.15) is 5.82 Å². The molecule has 19 heavy (non-hydrogen) atoms. The predicted molar refractivity (Wildman–Crippen MR) is 79.4 cm³/mol.